The van der Waals surface area contributed by atoms with Crippen LogP contribution < -0.4 is 10.1 Å². The largest absolute Gasteiger partial charge is 0.497 e. The molecule has 196 valence electrons. The van der Waals surface area contributed by atoms with E-state index >= 15 is 0 Å². The summed E-state index contributed by atoms with van der Waals surface area (Å²) in [4.78, 5) is 24.4. The summed E-state index contributed by atoms with van der Waals surface area (Å²) in [6.07, 6.45) is 2.19. The van der Waals surface area contributed by atoms with E-state index in [1.807, 2.05) is 28.8 Å². The number of Topliss-reactive ketones (excluding diaryl/α,β-unsaturated/α-hetero) is 1. The van der Waals surface area contributed by atoms with Crippen molar-refractivity contribution in [2.24, 2.45) is 0 Å². The van der Waals surface area contributed by atoms with Gasteiger partial charge in [0.15, 0.2) is 10.9 Å². The topological polar surface area (TPSA) is 123 Å². The zero-order chi connectivity index (χ0) is 26.4. The molecule has 1 saturated heterocycles. The van der Waals surface area contributed by atoms with Gasteiger partial charge in [0.2, 0.25) is 15.9 Å². The highest BCUT2D eigenvalue weighted by atomic mass is 32.2. The lowest BCUT2D eigenvalue weighted by molar-refractivity contribution is -0.118. The summed E-state index contributed by atoms with van der Waals surface area (Å²) in [5.74, 6) is 1.16. The number of sulfonamides is 1. The number of benzene rings is 2. The maximum atomic E-state index is 12.9. The minimum Gasteiger partial charge on any atom is -0.497 e. The molecule has 0 bridgehead atoms. The molecule has 12 heteroatoms. The average molecular weight is 544 g/mol. The number of aromatic nitrogens is 3. The summed E-state index contributed by atoms with van der Waals surface area (Å²) in [5, 5.41) is 11.9. The second-order valence-corrected chi connectivity index (χ2v) is 11.4. The number of ether oxygens (including phenoxy) is 1. The van der Waals surface area contributed by atoms with Crippen LogP contribution in [0.4, 0.5) is 0 Å². The van der Waals surface area contributed by atoms with Gasteiger partial charge in [-0.25, -0.2) is 8.42 Å². The van der Waals surface area contributed by atoms with Crippen molar-refractivity contribution in [2.75, 3.05) is 32.5 Å². The van der Waals surface area contributed by atoms with Crippen LogP contribution in [-0.4, -0.2) is 71.7 Å². The third-order valence-corrected chi connectivity index (χ3v) is 8.81. The Morgan fingerprint density at radius 3 is 2.32 bits per heavy atom. The third kappa shape index (κ3) is 6.38. The molecule has 1 aromatic heterocycles. The second kappa shape index (κ2) is 11.9. The lowest BCUT2D eigenvalue weighted by Crippen LogP contribution is -2.27. The van der Waals surface area contributed by atoms with Crippen LogP contribution in [0.25, 0.3) is 5.69 Å². The molecule has 2 aromatic carbocycles. The molecule has 1 amide bonds. The van der Waals surface area contributed by atoms with Gasteiger partial charge in [-0.1, -0.05) is 23.9 Å². The van der Waals surface area contributed by atoms with Gasteiger partial charge in [0.05, 0.1) is 17.8 Å². The minimum absolute atomic E-state index is 0.0954. The van der Waals surface area contributed by atoms with Gasteiger partial charge in [-0.2, -0.15) is 4.31 Å². The van der Waals surface area contributed by atoms with Gasteiger partial charge in [0.1, 0.15) is 11.6 Å². The van der Waals surface area contributed by atoms with Crippen LogP contribution in [0.3, 0.4) is 0 Å². The van der Waals surface area contributed by atoms with Gasteiger partial charge in [-0.15, -0.1) is 10.2 Å². The van der Waals surface area contributed by atoms with Gasteiger partial charge in [0, 0.05) is 44.2 Å². The molecule has 0 saturated carbocycles. The summed E-state index contributed by atoms with van der Waals surface area (Å²) in [6.45, 7) is 2.91. The Kier molecular flexibility index (Phi) is 8.62. The van der Waals surface area contributed by atoms with Gasteiger partial charge < -0.3 is 10.1 Å². The van der Waals surface area contributed by atoms with E-state index in [9.17, 15) is 18.0 Å². The Morgan fingerprint density at radius 1 is 1.03 bits per heavy atom. The van der Waals surface area contributed by atoms with Gasteiger partial charge in [-0.3, -0.25) is 14.2 Å². The molecule has 1 aliphatic heterocycles. The molecule has 0 radical (unpaired) electrons. The quantitative estimate of drug-likeness (QED) is 0.289. The molecule has 0 unspecified atom stereocenters. The van der Waals surface area contributed by atoms with Crippen molar-refractivity contribution in [2.45, 2.75) is 36.2 Å². The van der Waals surface area contributed by atoms with Crippen LogP contribution in [0, 0.1) is 0 Å². The van der Waals surface area contributed by atoms with Crippen molar-refractivity contribution in [3.63, 3.8) is 0 Å². The number of nitrogens with one attached hydrogen (secondary N) is 1. The zero-order valence-corrected chi connectivity index (χ0v) is 22.3. The van der Waals surface area contributed by atoms with E-state index < -0.39 is 10.0 Å². The number of carbonyl (C=O) groups is 2. The van der Waals surface area contributed by atoms with Crippen molar-refractivity contribution >= 4 is 33.5 Å². The Balaban J connectivity index is 1.49. The van der Waals surface area contributed by atoms with Crippen molar-refractivity contribution in [1.29, 1.82) is 0 Å². The molecule has 0 aliphatic carbocycles. The molecule has 0 spiro atoms. The summed E-state index contributed by atoms with van der Waals surface area (Å²) in [5.41, 5.74) is 1.23. The lowest BCUT2D eigenvalue weighted by Gasteiger charge is -2.15. The van der Waals surface area contributed by atoms with Crippen LogP contribution >= 0.6 is 11.8 Å². The van der Waals surface area contributed by atoms with E-state index in [4.69, 9.17) is 4.74 Å². The number of nitrogens with zero attached hydrogens (tertiary/aromatic N) is 4. The molecule has 3 aromatic rings. The molecule has 37 heavy (non-hydrogen) atoms. The predicted octanol–water partition coefficient (Wildman–Crippen LogP) is 2.71. The lowest BCUT2D eigenvalue weighted by atomic mass is 10.1. The maximum Gasteiger partial charge on any atom is 0.243 e. The highest BCUT2D eigenvalue weighted by Crippen LogP contribution is 2.26. The number of methoxy groups -OCH3 is 1. The molecule has 1 fully saturated rings. The van der Waals surface area contributed by atoms with Crippen LogP contribution in [0.2, 0.25) is 0 Å². The first-order valence-electron chi connectivity index (χ1n) is 11.9. The summed E-state index contributed by atoms with van der Waals surface area (Å²) in [7, 11) is -1.94. The standard InChI is InChI=1S/C25H29N5O5S2/c1-18(31)26-14-13-24-27-28-25(30(24)20-7-9-21(35-2)10-8-20)36-17-23(32)19-5-11-22(12-6-19)37(33,34)29-15-3-4-16-29/h5-12H,3-4,13-17H2,1-2H3,(H,26,31). The first-order chi connectivity index (χ1) is 17.8. The van der Waals surface area contributed by atoms with Crippen molar-refractivity contribution in [3.05, 3.63) is 59.9 Å². The monoisotopic (exact) mass is 543 g/mol. The van der Waals surface area contributed by atoms with Crippen molar-refractivity contribution in [1.82, 2.24) is 24.4 Å². The Labute approximate surface area is 220 Å². The van der Waals surface area contributed by atoms with E-state index in [2.05, 4.69) is 15.5 Å². The van der Waals surface area contributed by atoms with Crippen LogP contribution in [0.15, 0.2) is 58.6 Å². The molecular formula is C25H29N5O5S2. The Bertz CT molecular complexity index is 1350. The molecule has 4 rings (SSSR count). The smallest absolute Gasteiger partial charge is 0.243 e. The number of hydrogen-bond donors (Lipinski definition) is 1. The van der Waals surface area contributed by atoms with E-state index in [0.717, 1.165) is 18.5 Å². The average Bonchev–Trinajstić information content (AvgIpc) is 3.58. The normalized spacial score (nSPS) is 14.0. The van der Waals surface area contributed by atoms with Crippen molar-refractivity contribution < 1.29 is 22.7 Å². The SMILES string of the molecule is COc1ccc(-n2c(CCNC(C)=O)nnc2SCC(=O)c2ccc(S(=O)(=O)N3CCCC3)cc2)cc1. The van der Waals surface area contributed by atoms with Crippen LogP contribution in [-0.2, 0) is 21.2 Å². The van der Waals surface area contributed by atoms with Crippen molar-refractivity contribution in [3.8, 4) is 11.4 Å². The number of carbonyl (C=O) groups excluding carboxylic acids is 2. The number of hydrogen-bond acceptors (Lipinski definition) is 8. The first kappa shape index (κ1) is 26.8. The Hall–Kier alpha value is -3.22. The first-order valence-corrected chi connectivity index (χ1v) is 14.3. The Morgan fingerprint density at radius 2 is 1.70 bits per heavy atom. The highest BCUT2D eigenvalue weighted by molar-refractivity contribution is 7.99. The fourth-order valence-electron chi connectivity index (χ4n) is 4.00. The summed E-state index contributed by atoms with van der Waals surface area (Å²) in [6, 6.07) is 13.5. The van der Waals surface area contributed by atoms with Crippen LogP contribution in [0.1, 0.15) is 35.9 Å². The molecule has 0 atom stereocenters. The van der Waals surface area contributed by atoms with Gasteiger partial charge in [-0.05, 0) is 49.2 Å². The number of rotatable bonds is 11. The van der Waals surface area contributed by atoms with E-state index in [0.29, 0.717) is 48.3 Å². The number of thioether (sulfide) groups is 1. The highest BCUT2D eigenvalue weighted by Gasteiger charge is 2.27. The van der Waals surface area contributed by atoms with Gasteiger partial charge in [0.25, 0.3) is 0 Å². The summed E-state index contributed by atoms with van der Waals surface area (Å²) >= 11 is 1.24. The maximum absolute atomic E-state index is 12.9. The molecule has 10 nitrogen and oxygen atoms in total. The fourth-order valence-corrected chi connectivity index (χ4v) is 6.38. The van der Waals surface area contributed by atoms with E-state index in [1.165, 1.54) is 35.1 Å². The summed E-state index contributed by atoms with van der Waals surface area (Å²) < 4.78 is 34.1. The molecule has 1 aliphatic rings. The predicted molar refractivity (Wildman–Crippen MR) is 140 cm³/mol. The fraction of sp³-hybridized carbons (Fsp3) is 0.360. The zero-order valence-electron chi connectivity index (χ0n) is 20.7. The second-order valence-electron chi connectivity index (χ2n) is 8.51. The van der Waals surface area contributed by atoms with E-state index in [1.54, 1.807) is 19.2 Å². The number of amides is 1. The van der Waals surface area contributed by atoms with Crippen LogP contribution in [0.5, 0.6) is 5.75 Å². The van der Waals surface area contributed by atoms with E-state index in [-0.39, 0.29) is 22.3 Å². The third-order valence-electron chi connectivity index (χ3n) is 5.97. The molecular weight excluding hydrogens is 514 g/mol. The minimum atomic E-state index is -3.53. The van der Waals surface area contributed by atoms with Gasteiger partial charge >= 0.3 is 0 Å². The number of ketones is 1. The molecule has 2 heterocycles. The molecule has 1 N–H and O–H groups in total.